The predicted octanol–water partition coefficient (Wildman–Crippen LogP) is 2.84. The Hall–Kier alpha value is -0.510. The molecule has 84 valence electrons. The lowest BCUT2D eigenvalue weighted by molar-refractivity contribution is 0.271. The molecule has 0 saturated heterocycles. The van der Waals surface area contributed by atoms with E-state index in [4.69, 9.17) is 33.7 Å². The van der Waals surface area contributed by atoms with E-state index in [0.29, 0.717) is 28.8 Å². The molecule has 0 amide bonds. The number of hydrogen-bond acceptors (Lipinski definition) is 2. The van der Waals surface area contributed by atoms with Gasteiger partial charge in [-0.3, -0.25) is 0 Å². The van der Waals surface area contributed by atoms with Crippen LogP contribution in [0.4, 0.5) is 4.39 Å². The third-order valence-corrected chi connectivity index (χ3v) is 2.32. The quantitative estimate of drug-likeness (QED) is 0.874. The largest absolute Gasteiger partial charge is 0.489 e. The lowest BCUT2D eigenvalue weighted by atomic mass is 10.1. The van der Waals surface area contributed by atoms with Gasteiger partial charge in [-0.2, -0.15) is 0 Å². The smallest absolute Gasteiger partial charge is 0.141 e. The van der Waals surface area contributed by atoms with Crippen LogP contribution in [-0.2, 0) is 6.42 Å². The Morgan fingerprint density at radius 2 is 2.07 bits per heavy atom. The second kappa shape index (κ2) is 6.16. The molecule has 0 heterocycles. The first-order valence-corrected chi connectivity index (χ1v) is 5.31. The molecule has 1 rings (SSSR count). The standard InChI is InChI=1S/C10H12Cl2FNO/c11-8-5-7(1-3-14)10(9(12)6-8)15-4-2-13/h5-6H,1-4,14H2. The number of ether oxygens (including phenoxy) is 1. The molecule has 0 aliphatic heterocycles. The van der Waals surface area contributed by atoms with Gasteiger partial charge in [-0.25, -0.2) is 4.39 Å². The summed E-state index contributed by atoms with van der Waals surface area (Å²) in [4.78, 5) is 0. The van der Waals surface area contributed by atoms with Crippen LogP contribution in [0.2, 0.25) is 10.0 Å². The van der Waals surface area contributed by atoms with Crippen LogP contribution in [0, 0.1) is 0 Å². The summed E-state index contributed by atoms with van der Waals surface area (Å²) < 4.78 is 17.2. The molecule has 0 unspecified atom stereocenters. The minimum atomic E-state index is -0.555. The van der Waals surface area contributed by atoms with Crippen molar-refractivity contribution in [3.05, 3.63) is 27.7 Å². The van der Waals surface area contributed by atoms with Crippen LogP contribution in [0.5, 0.6) is 5.75 Å². The zero-order chi connectivity index (χ0) is 11.3. The zero-order valence-electron chi connectivity index (χ0n) is 8.10. The van der Waals surface area contributed by atoms with Crippen molar-refractivity contribution in [3.8, 4) is 5.75 Å². The van der Waals surface area contributed by atoms with Crippen LogP contribution in [0.1, 0.15) is 5.56 Å². The van der Waals surface area contributed by atoms with Crippen molar-refractivity contribution in [2.24, 2.45) is 5.73 Å². The Morgan fingerprint density at radius 3 is 2.67 bits per heavy atom. The average Bonchev–Trinajstić information content (AvgIpc) is 2.17. The van der Waals surface area contributed by atoms with Crippen molar-refractivity contribution < 1.29 is 9.13 Å². The lowest BCUT2D eigenvalue weighted by Gasteiger charge is -2.12. The second-order valence-corrected chi connectivity index (χ2v) is 3.80. The number of benzene rings is 1. The Labute approximate surface area is 98.1 Å². The molecule has 0 spiro atoms. The Morgan fingerprint density at radius 1 is 1.33 bits per heavy atom. The Bertz CT molecular complexity index is 333. The van der Waals surface area contributed by atoms with Crippen LogP contribution in [-0.4, -0.2) is 19.8 Å². The molecule has 1 aromatic carbocycles. The van der Waals surface area contributed by atoms with Crippen LogP contribution in [0.3, 0.4) is 0 Å². The van der Waals surface area contributed by atoms with Crippen molar-refractivity contribution in [1.29, 1.82) is 0 Å². The van der Waals surface area contributed by atoms with E-state index in [1.165, 1.54) is 0 Å². The third kappa shape index (κ3) is 3.52. The molecule has 1 aromatic rings. The third-order valence-electron chi connectivity index (χ3n) is 1.82. The number of alkyl halides is 1. The highest BCUT2D eigenvalue weighted by molar-refractivity contribution is 6.35. The van der Waals surface area contributed by atoms with Crippen LogP contribution < -0.4 is 10.5 Å². The van der Waals surface area contributed by atoms with E-state index in [1.807, 2.05) is 0 Å². The van der Waals surface area contributed by atoms with Gasteiger partial charge >= 0.3 is 0 Å². The molecule has 0 radical (unpaired) electrons. The van der Waals surface area contributed by atoms with Gasteiger partial charge in [-0.1, -0.05) is 23.2 Å². The summed E-state index contributed by atoms with van der Waals surface area (Å²) in [7, 11) is 0. The lowest BCUT2D eigenvalue weighted by Crippen LogP contribution is -2.07. The first-order valence-electron chi connectivity index (χ1n) is 4.55. The van der Waals surface area contributed by atoms with Gasteiger partial charge in [0.05, 0.1) is 5.02 Å². The number of nitrogens with two attached hydrogens (primary N) is 1. The van der Waals surface area contributed by atoms with Gasteiger partial charge in [-0.15, -0.1) is 0 Å². The maximum Gasteiger partial charge on any atom is 0.141 e. The van der Waals surface area contributed by atoms with Gasteiger partial charge in [-0.05, 0) is 30.7 Å². The molecule has 2 nitrogen and oxygen atoms in total. The topological polar surface area (TPSA) is 35.2 Å². The van der Waals surface area contributed by atoms with Crippen LogP contribution in [0.25, 0.3) is 0 Å². The first-order chi connectivity index (χ1) is 7.19. The molecule has 15 heavy (non-hydrogen) atoms. The highest BCUT2D eigenvalue weighted by Crippen LogP contribution is 2.32. The minimum absolute atomic E-state index is 0.0150. The summed E-state index contributed by atoms with van der Waals surface area (Å²) in [5.41, 5.74) is 6.25. The molecular weight excluding hydrogens is 240 g/mol. The molecule has 0 saturated carbocycles. The molecule has 0 aromatic heterocycles. The first kappa shape index (κ1) is 12.6. The van der Waals surface area contributed by atoms with E-state index < -0.39 is 6.67 Å². The van der Waals surface area contributed by atoms with Crippen molar-refractivity contribution in [2.75, 3.05) is 19.8 Å². The molecule has 0 fully saturated rings. The number of rotatable bonds is 5. The van der Waals surface area contributed by atoms with E-state index in [1.54, 1.807) is 12.1 Å². The maximum absolute atomic E-state index is 12.0. The molecular formula is C10H12Cl2FNO. The summed E-state index contributed by atoms with van der Waals surface area (Å²) >= 11 is 11.8. The van der Waals surface area contributed by atoms with Crippen molar-refractivity contribution in [1.82, 2.24) is 0 Å². The van der Waals surface area contributed by atoms with E-state index in [0.717, 1.165) is 5.56 Å². The van der Waals surface area contributed by atoms with E-state index in [9.17, 15) is 4.39 Å². The molecule has 0 aliphatic carbocycles. The maximum atomic E-state index is 12.0. The SMILES string of the molecule is NCCc1cc(Cl)cc(Cl)c1OCCF. The normalized spacial score (nSPS) is 10.4. The van der Waals surface area contributed by atoms with Gasteiger partial charge in [0.2, 0.25) is 0 Å². The van der Waals surface area contributed by atoms with Crippen molar-refractivity contribution >= 4 is 23.2 Å². The molecule has 0 aliphatic rings. The summed E-state index contributed by atoms with van der Waals surface area (Å²) in [5, 5.41) is 0.912. The molecule has 0 bridgehead atoms. The van der Waals surface area contributed by atoms with Crippen molar-refractivity contribution in [3.63, 3.8) is 0 Å². The number of halogens is 3. The van der Waals surface area contributed by atoms with Crippen LogP contribution in [0.15, 0.2) is 12.1 Å². The van der Waals surface area contributed by atoms with Gasteiger partial charge in [0.25, 0.3) is 0 Å². The van der Waals surface area contributed by atoms with E-state index >= 15 is 0 Å². The van der Waals surface area contributed by atoms with Gasteiger partial charge in [0.15, 0.2) is 0 Å². The average molecular weight is 252 g/mol. The van der Waals surface area contributed by atoms with Crippen LogP contribution >= 0.6 is 23.2 Å². The Balaban J connectivity index is 2.97. The second-order valence-electron chi connectivity index (χ2n) is 2.95. The fourth-order valence-corrected chi connectivity index (χ4v) is 1.85. The summed E-state index contributed by atoms with van der Waals surface area (Å²) in [6, 6.07) is 3.30. The highest BCUT2D eigenvalue weighted by Gasteiger charge is 2.10. The monoisotopic (exact) mass is 251 g/mol. The molecule has 5 heteroatoms. The van der Waals surface area contributed by atoms with Gasteiger partial charge in [0.1, 0.15) is 19.0 Å². The highest BCUT2D eigenvalue weighted by atomic mass is 35.5. The summed E-state index contributed by atoms with van der Waals surface area (Å²) in [5.74, 6) is 0.476. The Kier molecular flexibility index (Phi) is 5.15. The van der Waals surface area contributed by atoms with E-state index in [-0.39, 0.29) is 6.61 Å². The number of hydrogen-bond donors (Lipinski definition) is 1. The summed E-state index contributed by atoms with van der Waals surface area (Å²) in [6.07, 6.45) is 0.599. The fraction of sp³-hybridized carbons (Fsp3) is 0.400. The predicted molar refractivity (Wildman–Crippen MR) is 60.7 cm³/mol. The van der Waals surface area contributed by atoms with Gasteiger partial charge < -0.3 is 10.5 Å². The minimum Gasteiger partial charge on any atom is -0.489 e. The van der Waals surface area contributed by atoms with Gasteiger partial charge in [0, 0.05) is 5.02 Å². The zero-order valence-corrected chi connectivity index (χ0v) is 9.61. The van der Waals surface area contributed by atoms with Crippen molar-refractivity contribution in [2.45, 2.75) is 6.42 Å². The molecule has 0 atom stereocenters. The molecule has 2 N–H and O–H groups in total. The summed E-state index contributed by atoms with van der Waals surface area (Å²) in [6.45, 7) is -0.109. The fourth-order valence-electron chi connectivity index (χ4n) is 1.26. The van der Waals surface area contributed by atoms with E-state index in [2.05, 4.69) is 0 Å².